The molecular weight excluding hydrogens is 574 g/mol. The third-order valence-electron chi connectivity index (χ3n) is 6.37. The highest BCUT2D eigenvalue weighted by Gasteiger charge is 2.45. The smallest absolute Gasteiger partial charge is 0.338 e. The highest BCUT2D eigenvalue weighted by molar-refractivity contribution is 5.91. The van der Waals surface area contributed by atoms with Crippen LogP contribution in [0.2, 0.25) is 0 Å². The topological polar surface area (TPSA) is 251 Å². The van der Waals surface area contributed by atoms with Crippen LogP contribution in [0.1, 0.15) is 33.7 Å². The molecule has 10 N–H and O–H groups in total. The molecule has 3 aromatic carbocycles. The number of ether oxygens (including phenoxy) is 5. The Hall–Kier alpha value is -4.83. The standard InChI is InChI=1S/C28H31NO14/c29-1-2-39-3-4-40-5-6-41-26-22-16(31)11-15(30)12-21(22)42-25(13-7-17(32)23(36)18(33)8-13)27(26)43-28(38)14-9-19(34)24(37)20(35)10-14/h7-12,25-27,30-37H,1-6,29H2. The van der Waals surface area contributed by atoms with Gasteiger partial charge in [-0.15, -0.1) is 0 Å². The van der Waals surface area contributed by atoms with Crippen molar-refractivity contribution >= 4 is 5.97 Å². The molecule has 3 atom stereocenters. The molecule has 4 rings (SSSR count). The van der Waals surface area contributed by atoms with Crippen molar-refractivity contribution < 1.29 is 69.3 Å². The Morgan fingerprint density at radius 3 is 1.88 bits per heavy atom. The molecule has 0 fully saturated rings. The van der Waals surface area contributed by atoms with Gasteiger partial charge in [0.1, 0.15) is 23.4 Å². The van der Waals surface area contributed by atoms with Crippen molar-refractivity contribution in [1.29, 1.82) is 0 Å². The minimum Gasteiger partial charge on any atom is -0.508 e. The van der Waals surface area contributed by atoms with E-state index in [2.05, 4.69) is 0 Å². The summed E-state index contributed by atoms with van der Waals surface area (Å²) >= 11 is 0. The molecule has 0 saturated carbocycles. The summed E-state index contributed by atoms with van der Waals surface area (Å²) in [7, 11) is 0. The Bertz CT molecular complexity index is 1420. The zero-order valence-electron chi connectivity index (χ0n) is 22.5. The van der Waals surface area contributed by atoms with Gasteiger partial charge in [-0.3, -0.25) is 0 Å². The van der Waals surface area contributed by atoms with E-state index in [-0.39, 0.29) is 54.6 Å². The number of aromatic hydroxyl groups is 8. The van der Waals surface area contributed by atoms with Crippen molar-refractivity contribution in [2.24, 2.45) is 5.73 Å². The van der Waals surface area contributed by atoms with Gasteiger partial charge in [0.05, 0.1) is 44.2 Å². The van der Waals surface area contributed by atoms with E-state index >= 15 is 0 Å². The molecule has 0 saturated heterocycles. The molecule has 3 unspecified atom stereocenters. The lowest BCUT2D eigenvalue weighted by Gasteiger charge is -2.39. The first-order chi connectivity index (χ1) is 20.5. The summed E-state index contributed by atoms with van der Waals surface area (Å²) in [4.78, 5) is 13.3. The Morgan fingerprint density at radius 1 is 0.721 bits per heavy atom. The minimum absolute atomic E-state index is 0.0163. The second kappa shape index (κ2) is 13.4. The van der Waals surface area contributed by atoms with Gasteiger partial charge >= 0.3 is 5.97 Å². The van der Waals surface area contributed by atoms with Crippen molar-refractivity contribution in [1.82, 2.24) is 0 Å². The number of hydrogen-bond donors (Lipinski definition) is 9. The minimum atomic E-state index is -1.51. The fourth-order valence-electron chi connectivity index (χ4n) is 4.41. The van der Waals surface area contributed by atoms with Gasteiger partial charge in [-0.1, -0.05) is 0 Å². The van der Waals surface area contributed by atoms with Crippen LogP contribution in [0.25, 0.3) is 0 Å². The molecule has 43 heavy (non-hydrogen) atoms. The summed E-state index contributed by atoms with van der Waals surface area (Å²) in [5, 5.41) is 80.6. The molecular formula is C28H31NO14. The lowest BCUT2D eigenvalue weighted by Crippen LogP contribution is -2.40. The highest BCUT2D eigenvalue weighted by atomic mass is 16.6. The maximum atomic E-state index is 13.3. The number of phenolic OH excluding ortho intramolecular Hbond substituents is 8. The van der Waals surface area contributed by atoms with Crippen LogP contribution in [0, 0.1) is 0 Å². The first-order valence-electron chi connectivity index (χ1n) is 12.9. The SMILES string of the molecule is NCCOCCOCCOC1c2c(O)cc(O)cc2OC(c2cc(O)c(O)c(O)c2)C1OC(=O)c1cc(O)c(O)c(O)c1. The maximum Gasteiger partial charge on any atom is 0.338 e. The quantitative estimate of drug-likeness (QED) is 0.0810. The van der Waals surface area contributed by atoms with Crippen LogP contribution in [-0.4, -0.2) is 92.5 Å². The number of esters is 1. The summed E-state index contributed by atoms with van der Waals surface area (Å²) < 4.78 is 28.4. The summed E-state index contributed by atoms with van der Waals surface area (Å²) in [6, 6.07) is 5.93. The zero-order chi connectivity index (χ0) is 31.3. The van der Waals surface area contributed by atoms with E-state index in [1.165, 1.54) is 0 Å². The molecule has 0 radical (unpaired) electrons. The van der Waals surface area contributed by atoms with Gasteiger partial charge < -0.3 is 70.3 Å². The summed E-state index contributed by atoms with van der Waals surface area (Å²) in [6.45, 7) is 1.12. The molecule has 0 aliphatic carbocycles. The number of hydrogen-bond acceptors (Lipinski definition) is 15. The van der Waals surface area contributed by atoms with Gasteiger partial charge in [0, 0.05) is 24.2 Å². The van der Waals surface area contributed by atoms with Crippen LogP contribution in [-0.2, 0) is 18.9 Å². The van der Waals surface area contributed by atoms with Crippen LogP contribution in [0.5, 0.6) is 51.7 Å². The Balaban J connectivity index is 1.72. The molecule has 0 bridgehead atoms. The molecule has 232 valence electrons. The van der Waals surface area contributed by atoms with Crippen molar-refractivity contribution in [3.05, 3.63) is 53.1 Å². The van der Waals surface area contributed by atoms with E-state index in [0.717, 1.165) is 36.4 Å². The number of carbonyl (C=O) groups excluding carboxylic acids is 1. The molecule has 0 spiro atoms. The van der Waals surface area contributed by atoms with E-state index < -0.39 is 64.5 Å². The van der Waals surface area contributed by atoms with E-state index in [0.29, 0.717) is 13.2 Å². The fraction of sp³-hybridized carbons (Fsp3) is 0.321. The summed E-state index contributed by atoms with van der Waals surface area (Å²) in [6.07, 6.45) is -4.23. The van der Waals surface area contributed by atoms with Crippen molar-refractivity contribution in [2.75, 3.05) is 39.6 Å². The molecule has 1 aliphatic rings. The van der Waals surface area contributed by atoms with E-state index in [4.69, 9.17) is 29.4 Å². The number of phenols is 8. The Labute approximate surface area is 244 Å². The third kappa shape index (κ3) is 6.98. The summed E-state index contributed by atoms with van der Waals surface area (Å²) in [5.41, 5.74) is 4.94. The van der Waals surface area contributed by atoms with Crippen LogP contribution in [0.4, 0.5) is 0 Å². The van der Waals surface area contributed by atoms with E-state index in [1.54, 1.807) is 0 Å². The van der Waals surface area contributed by atoms with E-state index in [1.807, 2.05) is 0 Å². The average molecular weight is 606 g/mol. The van der Waals surface area contributed by atoms with E-state index in [9.17, 15) is 45.6 Å². The number of carbonyl (C=O) groups is 1. The highest BCUT2D eigenvalue weighted by Crippen LogP contribution is 2.51. The molecule has 0 aromatic heterocycles. The third-order valence-corrected chi connectivity index (χ3v) is 6.37. The second-order valence-corrected chi connectivity index (χ2v) is 9.36. The van der Waals surface area contributed by atoms with Crippen molar-refractivity contribution in [3.63, 3.8) is 0 Å². The van der Waals surface area contributed by atoms with Gasteiger partial charge in [0.25, 0.3) is 0 Å². The Morgan fingerprint density at radius 2 is 1.28 bits per heavy atom. The van der Waals surface area contributed by atoms with Gasteiger partial charge in [-0.05, 0) is 24.3 Å². The van der Waals surface area contributed by atoms with Crippen LogP contribution >= 0.6 is 0 Å². The largest absolute Gasteiger partial charge is 0.508 e. The molecule has 1 aliphatic heterocycles. The summed E-state index contributed by atoms with van der Waals surface area (Å²) in [5.74, 6) is -6.86. The number of nitrogens with two attached hydrogens (primary N) is 1. The number of fused-ring (bicyclic) bond motifs is 1. The lowest BCUT2D eigenvalue weighted by molar-refractivity contribution is -0.118. The normalized spacial score (nSPS) is 17.7. The lowest BCUT2D eigenvalue weighted by atomic mass is 9.90. The first kappa shape index (κ1) is 31.1. The fourth-order valence-corrected chi connectivity index (χ4v) is 4.41. The monoisotopic (exact) mass is 605 g/mol. The van der Waals surface area contributed by atoms with Crippen LogP contribution in [0.3, 0.4) is 0 Å². The average Bonchev–Trinajstić information content (AvgIpc) is 2.95. The van der Waals surface area contributed by atoms with Crippen LogP contribution < -0.4 is 10.5 Å². The van der Waals surface area contributed by atoms with Crippen molar-refractivity contribution in [3.8, 4) is 51.7 Å². The first-order valence-corrected chi connectivity index (χ1v) is 12.9. The predicted octanol–water partition coefficient (Wildman–Crippen LogP) is 1.74. The molecule has 15 nitrogen and oxygen atoms in total. The molecule has 3 aromatic rings. The van der Waals surface area contributed by atoms with Gasteiger partial charge in [0.2, 0.25) is 0 Å². The van der Waals surface area contributed by atoms with Gasteiger partial charge in [-0.2, -0.15) is 0 Å². The zero-order valence-corrected chi connectivity index (χ0v) is 22.5. The second-order valence-electron chi connectivity index (χ2n) is 9.36. The molecule has 0 amide bonds. The predicted molar refractivity (Wildman–Crippen MR) is 145 cm³/mol. The van der Waals surface area contributed by atoms with Crippen LogP contribution in [0.15, 0.2) is 36.4 Å². The number of benzene rings is 3. The number of rotatable bonds is 12. The molecule has 15 heteroatoms. The molecule has 1 heterocycles. The van der Waals surface area contributed by atoms with Gasteiger partial charge in [0.15, 0.2) is 46.7 Å². The maximum absolute atomic E-state index is 13.3. The van der Waals surface area contributed by atoms with Crippen molar-refractivity contribution in [2.45, 2.75) is 18.3 Å². The Kier molecular flexibility index (Phi) is 9.72. The van der Waals surface area contributed by atoms with Gasteiger partial charge in [-0.25, -0.2) is 4.79 Å².